The number of phenols is 2. The molecule has 3 aromatic rings. The van der Waals surface area contributed by atoms with E-state index >= 15 is 0 Å². The van der Waals surface area contributed by atoms with E-state index in [-0.39, 0.29) is 35.0 Å². The molecule has 0 aromatic heterocycles. The van der Waals surface area contributed by atoms with E-state index in [4.69, 9.17) is 0 Å². The highest BCUT2D eigenvalue weighted by Gasteiger charge is 2.33. The topological polar surface area (TPSA) is 107 Å². The summed E-state index contributed by atoms with van der Waals surface area (Å²) in [5.74, 6) is 0.117. The van der Waals surface area contributed by atoms with Crippen molar-refractivity contribution < 1.29 is 24.6 Å². The highest BCUT2D eigenvalue weighted by Crippen LogP contribution is 2.37. The third-order valence-electron chi connectivity index (χ3n) is 8.40. The van der Waals surface area contributed by atoms with E-state index in [1.807, 2.05) is 61.5 Å². The van der Waals surface area contributed by atoms with E-state index in [2.05, 4.69) is 45.1 Å². The van der Waals surface area contributed by atoms with E-state index in [1.54, 1.807) is 26.0 Å². The van der Waals surface area contributed by atoms with Crippen LogP contribution in [0.2, 0.25) is 0 Å². The van der Waals surface area contributed by atoms with Gasteiger partial charge in [0.25, 0.3) is 5.91 Å². The molecule has 0 bridgehead atoms. The average molecular weight is 669 g/mol. The van der Waals surface area contributed by atoms with Gasteiger partial charge in [-0.3, -0.25) is 9.59 Å². The van der Waals surface area contributed by atoms with Crippen molar-refractivity contribution in [1.29, 1.82) is 0 Å². The Bertz CT molecular complexity index is 1600. The van der Waals surface area contributed by atoms with Crippen molar-refractivity contribution in [2.75, 3.05) is 6.54 Å². The van der Waals surface area contributed by atoms with Gasteiger partial charge in [-0.25, -0.2) is 0 Å². The summed E-state index contributed by atoms with van der Waals surface area (Å²) in [6.07, 6.45) is 10.1. The Morgan fingerprint density at radius 3 is 2.06 bits per heavy atom. The van der Waals surface area contributed by atoms with Crippen LogP contribution in [0.1, 0.15) is 130 Å². The lowest BCUT2D eigenvalue weighted by Gasteiger charge is -2.37. The van der Waals surface area contributed by atoms with Crippen LogP contribution in [-0.2, 0) is 17.6 Å². The molecule has 0 fully saturated rings. The SMILES string of the molecule is CC(=O)c1ccc(C)cc1.CCCC(C)=O.CCCc1ccc2c(c1)C(=O)N(CC/C(C)=C/N/C=C(/C)CC)C(c1ccc(O)c(O)c1)C2. The Kier molecular flexibility index (Phi) is 17.1. The number of hydrogen-bond donors (Lipinski definition) is 3. The number of benzene rings is 3. The van der Waals surface area contributed by atoms with Crippen LogP contribution in [0.3, 0.4) is 0 Å². The second kappa shape index (κ2) is 20.7. The second-order valence-electron chi connectivity index (χ2n) is 12.8. The highest BCUT2D eigenvalue weighted by atomic mass is 16.3. The normalized spacial score (nSPS) is 14.2. The average Bonchev–Trinajstić information content (AvgIpc) is 3.06. The van der Waals surface area contributed by atoms with Gasteiger partial charge in [0.15, 0.2) is 17.3 Å². The maximum atomic E-state index is 13.6. The molecule has 3 aromatic carbocycles. The summed E-state index contributed by atoms with van der Waals surface area (Å²) in [5.41, 5.74) is 8.21. The van der Waals surface area contributed by atoms with Gasteiger partial charge in [0.1, 0.15) is 5.78 Å². The van der Waals surface area contributed by atoms with Gasteiger partial charge >= 0.3 is 0 Å². The first kappa shape index (κ1) is 40.5. The van der Waals surface area contributed by atoms with E-state index in [1.165, 1.54) is 22.8 Å². The minimum Gasteiger partial charge on any atom is -0.504 e. The van der Waals surface area contributed by atoms with Gasteiger partial charge in [0.05, 0.1) is 6.04 Å². The molecular weight excluding hydrogens is 612 g/mol. The third-order valence-corrected chi connectivity index (χ3v) is 8.40. The van der Waals surface area contributed by atoms with E-state index in [9.17, 15) is 24.6 Å². The number of rotatable bonds is 12. The van der Waals surface area contributed by atoms with Crippen LogP contribution in [0.25, 0.3) is 0 Å². The lowest BCUT2D eigenvalue weighted by Crippen LogP contribution is -2.41. The fourth-order valence-corrected chi connectivity index (χ4v) is 5.30. The number of fused-ring (bicyclic) bond motifs is 1. The first-order valence-corrected chi connectivity index (χ1v) is 17.4. The zero-order valence-electron chi connectivity index (χ0n) is 30.7. The van der Waals surface area contributed by atoms with Gasteiger partial charge in [0, 0.05) is 24.1 Å². The van der Waals surface area contributed by atoms with Gasteiger partial charge in [-0.1, -0.05) is 86.4 Å². The molecule has 3 N–H and O–H groups in total. The van der Waals surface area contributed by atoms with Crippen LogP contribution < -0.4 is 5.32 Å². The van der Waals surface area contributed by atoms with Gasteiger partial charge in [-0.05, 0) is 114 Å². The van der Waals surface area contributed by atoms with Gasteiger partial charge in [-0.15, -0.1) is 0 Å². The third kappa shape index (κ3) is 13.4. The molecule has 0 aliphatic carbocycles. The van der Waals surface area contributed by atoms with E-state index in [0.717, 1.165) is 66.4 Å². The number of nitrogens with one attached hydrogen (secondary N) is 1. The second-order valence-corrected chi connectivity index (χ2v) is 12.8. The summed E-state index contributed by atoms with van der Waals surface area (Å²) in [6, 6.07) is 18.4. The zero-order valence-corrected chi connectivity index (χ0v) is 30.7. The minimum atomic E-state index is -0.198. The number of allylic oxidation sites excluding steroid dienone is 1. The van der Waals surface area contributed by atoms with Crippen LogP contribution in [0.4, 0.5) is 0 Å². The van der Waals surface area contributed by atoms with E-state index in [0.29, 0.717) is 13.0 Å². The summed E-state index contributed by atoms with van der Waals surface area (Å²) < 4.78 is 0. The molecule has 1 atom stereocenters. The van der Waals surface area contributed by atoms with Crippen LogP contribution in [0.15, 0.2) is 84.2 Å². The quantitative estimate of drug-likeness (QED) is 0.131. The van der Waals surface area contributed by atoms with E-state index < -0.39 is 0 Å². The van der Waals surface area contributed by atoms with Crippen molar-refractivity contribution in [3.63, 3.8) is 0 Å². The lowest BCUT2D eigenvalue weighted by atomic mass is 9.87. The molecule has 1 aliphatic heterocycles. The first-order valence-electron chi connectivity index (χ1n) is 17.4. The number of nitrogens with zero attached hydrogens (tertiary/aromatic N) is 1. The molecule has 1 heterocycles. The number of ketones is 2. The Morgan fingerprint density at radius 1 is 0.837 bits per heavy atom. The molecule has 7 nitrogen and oxygen atoms in total. The number of aromatic hydroxyl groups is 2. The van der Waals surface area contributed by atoms with Crippen LogP contribution >= 0.6 is 0 Å². The summed E-state index contributed by atoms with van der Waals surface area (Å²) in [5, 5.41) is 23.1. The van der Waals surface area contributed by atoms with Crippen LogP contribution in [0.5, 0.6) is 11.5 Å². The van der Waals surface area contributed by atoms with Crippen molar-refractivity contribution >= 4 is 17.5 Å². The number of carbonyl (C=O) groups excluding carboxylic acids is 3. The Balaban J connectivity index is 0.000000427. The Labute approximate surface area is 293 Å². The molecule has 1 amide bonds. The first-order chi connectivity index (χ1) is 23.3. The number of Topliss-reactive ketones (excluding diaryl/α,β-unsaturated/α-hetero) is 2. The molecule has 0 saturated heterocycles. The zero-order chi connectivity index (χ0) is 36.5. The maximum Gasteiger partial charge on any atom is 0.254 e. The number of phenolic OH excluding ortho intramolecular Hbond substituents is 2. The number of hydrogen-bond acceptors (Lipinski definition) is 6. The largest absolute Gasteiger partial charge is 0.504 e. The number of aryl methyl sites for hydroxylation is 2. The van der Waals surface area contributed by atoms with Crippen LogP contribution in [0, 0.1) is 6.92 Å². The monoisotopic (exact) mass is 668 g/mol. The van der Waals surface area contributed by atoms with Gasteiger partial charge in [-0.2, -0.15) is 0 Å². The van der Waals surface area contributed by atoms with Crippen molar-refractivity contribution in [2.24, 2.45) is 0 Å². The predicted octanol–water partition coefficient (Wildman–Crippen LogP) is 9.56. The Morgan fingerprint density at radius 2 is 1.51 bits per heavy atom. The summed E-state index contributed by atoms with van der Waals surface area (Å²) in [7, 11) is 0. The van der Waals surface area contributed by atoms with Crippen molar-refractivity contribution in [1.82, 2.24) is 10.2 Å². The fraction of sp³-hybridized carbons (Fsp3) is 0.405. The summed E-state index contributed by atoms with van der Waals surface area (Å²) >= 11 is 0. The number of amides is 1. The minimum absolute atomic E-state index is 0.0225. The lowest BCUT2D eigenvalue weighted by molar-refractivity contribution is -0.117. The van der Waals surface area contributed by atoms with Crippen LogP contribution in [-0.4, -0.2) is 39.1 Å². The maximum absolute atomic E-state index is 13.6. The molecule has 0 saturated carbocycles. The summed E-state index contributed by atoms with van der Waals surface area (Å²) in [4.78, 5) is 36.3. The molecule has 1 aliphatic rings. The molecular formula is C42H56N2O5. The van der Waals surface area contributed by atoms with Gasteiger partial charge < -0.3 is 25.2 Å². The van der Waals surface area contributed by atoms with Crippen molar-refractivity contribution in [2.45, 2.75) is 106 Å². The molecule has 1 unspecified atom stereocenters. The Hall–Kier alpha value is -4.65. The molecule has 7 heteroatoms. The van der Waals surface area contributed by atoms with Gasteiger partial charge in [0.2, 0.25) is 0 Å². The molecule has 0 radical (unpaired) electrons. The molecule has 4 rings (SSSR count). The van der Waals surface area contributed by atoms with Crippen molar-refractivity contribution in [3.8, 4) is 11.5 Å². The number of carbonyl (C=O) groups is 3. The molecule has 49 heavy (non-hydrogen) atoms. The smallest absolute Gasteiger partial charge is 0.254 e. The highest BCUT2D eigenvalue weighted by molar-refractivity contribution is 5.97. The predicted molar refractivity (Wildman–Crippen MR) is 200 cm³/mol. The summed E-state index contributed by atoms with van der Waals surface area (Å²) in [6.45, 7) is 16.2. The molecule has 0 spiro atoms. The standard InChI is InChI=1S/C28H36N2O3.C9H10O.C5H10O/c1-5-7-21-8-9-22-15-25(23-10-11-26(31)27(32)16-23)30(28(33)24(22)14-21)13-12-20(4)18-29-17-19(3)6-2;1-7-3-5-9(6-4-7)8(2)10;1-3-4-5(2)6/h8-11,14,16-18,25,29,31-32H,5-7,12-13,15H2,1-4H3;3-6H,1-2H3;3-4H2,1-2H3/b19-17-,20-18+;;. The fourth-order valence-electron chi connectivity index (χ4n) is 5.30. The van der Waals surface area contributed by atoms with Crippen molar-refractivity contribution in [3.05, 3.63) is 118 Å². The molecule has 264 valence electrons.